The lowest BCUT2D eigenvalue weighted by atomic mass is 10.3. The highest BCUT2D eigenvalue weighted by Crippen LogP contribution is 2.23. The molecule has 0 unspecified atom stereocenters. The van der Waals surface area contributed by atoms with Crippen molar-refractivity contribution < 1.29 is 13.9 Å². The minimum atomic E-state index is 0.299. The molecule has 0 aliphatic carbocycles. The minimum absolute atomic E-state index is 0.299. The number of benzene rings is 1. The summed E-state index contributed by atoms with van der Waals surface area (Å²) in [6, 6.07) is 11.0. The van der Waals surface area contributed by atoms with Gasteiger partial charge < -0.3 is 13.9 Å². The maximum Gasteiger partial charge on any atom is 0.217 e. The van der Waals surface area contributed by atoms with Crippen LogP contribution >= 0.6 is 0 Å². The van der Waals surface area contributed by atoms with Crippen LogP contribution in [0.5, 0.6) is 11.5 Å². The Morgan fingerprint density at radius 1 is 1.11 bits per heavy atom. The van der Waals surface area contributed by atoms with Crippen molar-refractivity contribution in [2.24, 2.45) is 0 Å². The summed E-state index contributed by atoms with van der Waals surface area (Å²) in [5, 5.41) is 12.0. The number of hydrogen-bond acceptors (Lipinski definition) is 7. The van der Waals surface area contributed by atoms with E-state index in [-0.39, 0.29) is 0 Å². The molecule has 1 aromatic carbocycles. The van der Waals surface area contributed by atoms with E-state index in [0.717, 1.165) is 16.9 Å². The summed E-state index contributed by atoms with van der Waals surface area (Å²) in [5.41, 5.74) is 1.32. The van der Waals surface area contributed by atoms with Crippen molar-refractivity contribution >= 4 is 16.7 Å². The Morgan fingerprint density at radius 2 is 1.96 bits per heavy atom. The second kappa shape index (κ2) is 6.13. The Kier molecular flexibility index (Phi) is 3.49. The zero-order valence-electron chi connectivity index (χ0n) is 14.3. The Morgan fingerprint density at radius 3 is 2.81 bits per heavy atom. The molecule has 0 saturated carbocycles. The number of fused-ring (bicyclic) bond motifs is 3. The van der Waals surface area contributed by atoms with Crippen LogP contribution in [0.25, 0.3) is 28.3 Å². The molecule has 4 heterocycles. The van der Waals surface area contributed by atoms with Gasteiger partial charge in [0.05, 0.1) is 18.7 Å². The number of nitrogens with zero attached hydrogens (tertiary/aromatic N) is 5. The molecular weight excluding hydrogens is 348 g/mol. The third-order valence-corrected chi connectivity index (χ3v) is 4.11. The molecule has 27 heavy (non-hydrogen) atoms. The molecule has 0 fully saturated rings. The molecule has 0 atom stereocenters. The van der Waals surface area contributed by atoms with Crippen LogP contribution in [-0.2, 0) is 6.61 Å². The maximum atomic E-state index is 5.83. The number of aromatic amines is 1. The van der Waals surface area contributed by atoms with E-state index in [1.54, 1.807) is 24.1 Å². The summed E-state index contributed by atoms with van der Waals surface area (Å²) in [6.07, 6.45) is 3.26. The highest BCUT2D eigenvalue weighted by atomic mass is 16.5. The number of methoxy groups -OCH3 is 1. The van der Waals surface area contributed by atoms with Gasteiger partial charge in [-0.15, -0.1) is 5.10 Å². The van der Waals surface area contributed by atoms with Crippen LogP contribution in [0.4, 0.5) is 0 Å². The molecule has 0 amide bonds. The molecule has 0 bridgehead atoms. The van der Waals surface area contributed by atoms with Gasteiger partial charge in [0.25, 0.3) is 0 Å². The van der Waals surface area contributed by atoms with Gasteiger partial charge in [0.2, 0.25) is 5.82 Å². The monoisotopic (exact) mass is 362 g/mol. The SMILES string of the molecule is COc1ccc(OCc2ccc(-c3nc4c5cn[nH]c5ncn4n3)o2)cc1. The number of aromatic nitrogens is 6. The van der Waals surface area contributed by atoms with Crippen molar-refractivity contribution in [1.29, 1.82) is 0 Å². The average molecular weight is 362 g/mol. The van der Waals surface area contributed by atoms with E-state index < -0.39 is 0 Å². The van der Waals surface area contributed by atoms with Crippen LogP contribution in [-0.4, -0.2) is 36.9 Å². The second-order valence-electron chi connectivity index (χ2n) is 5.81. The molecule has 5 aromatic rings. The van der Waals surface area contributed by atoms with Crippen LogP contribution in [0.3, 0.4) is 0 Å². The lowest BCUT2D eigenvalue weighted by molar-refractivity contribution is 0.271. The van der Waals surface area contributed by atoms with Gasteiger partial charge in [-0.05, 0) is 36.4 Å². The van der Waals surface area contributed by atoms with E-state index in [2.05, 4.69) is 25.3 Å². The molecule has 0 aliphatic rings. The van der Waals surface area contributed by atoms with Crippen molar-refractivity contribution in [3.63, 3.8) is 0 Å². The van der Waals surface area contributed by atoms with Gasteiger partial charge in [0.1, 0.15) is 30.2 Å². The van der Waals surface area contributed by atoms with Crippen molar-refractivity contribution in [3.8, 4) is 23.1 Å². The second-order valence-corrected chi connectivity index (χ2v) is 5.81. The maximum absolute atomic E-state index is 5.83. The van der Waals surface area contributed by atoms with Gasteiger partial charge >= 0.3 is 0 Å². The van der Waals surface area contributed by atoms with Gasteiger partial charge in [0, 0.05) is 0 Å². The third kappa shape index (κ3) is 2.74. The predicted molar refractivity (Wildman–Crippen MR) is 95.5 cm³/mol. The number of rotatable bonds is 5. The molecule has 0 spiro atoms. The molecule has 134 valence electrons. The lowest BCUT2D eigenvalue weighted by Gasteiger charge is -2.05. The summed E-state index contributed by atoms with van der Waals surface area (Å²) >= 11 is 0. The highest BCUT2D eigenvalue weighted by molar-refractivity contribution is 5.88. The fourth-order valence-corrected chi connectivity index (χ4v) is 2.75. The number of hydrogen-bond donors (Lipinski definition) is 1. The fraction of sp³-hybridized carbons (Fsp3) is 0.111. The molecule has 0 saturated heterocycles. The molecule has 1 N–H and O–H groups in total. The van der Waals surface area contributed by atoms with Crippen LogP contribution in [0, 0.1) is 0 Å². The number of furan rings is 1. The van der Waals surface area contributed by atoms with Crippen LogP contribution < -0.4 is 9.47 Å². The van der Waals surface area contributed by atoms with E-state index >= 15 is 0 Å². The number of H-pyrrole nitrogens is 1. The zero-order chi connectivity index (χ0) is 18.2. The van der Waals surface area contributed by atoms with Crippen LogP contribution in [0.15, 0.2) is 53.3 Å². The quantitative estimate of drug-likeness (QED) is 0.513. The van der Waals surface area contributed by atoms with Crippen molar-refractivity contribution in [3.05, 3.63) is 54.7 Å². The first-order valence-electron chi connectivity index (χ1n) is 8.20. The highest BCUT2D eigenvalue weighted by Gasteiger charge is 2.14. The van der Waals surface area contributed by atoms with E-state index in [9.17, 15) is 0 Å². The first kappa shape index (κ1) is 15.4. The van der Waals surface area contributed by atoms with Gasteiger partial charge in [0.15, 0.2) is 17.1 Å². The van der Waals surface area contributed by atoms with Crippen molar-refractivity contribution in [2.45, 2.75) is 6.61 Å². The smallest absolute Gasteiger partial charge is 0.217 e. The van der Waals surface area contributed by atoms with Gasteiger partial charge in [-0.1, -0.05) is 0 Å². The molecule has 9 heteroatoms. The average Bonchev–Trinajstić information content (AvgIpc) is 3.44. The fourth-order valence-electron chi connectivity index (χ4n) is 2.75. The third-order valence-electron chi connectivity index (χ3n) is 4.11. The summed E-state index contributed by atoms with van der Waals surface area (Å²) in [5.74, 6) is 3.21. The van der Waals surface area contributed by atoms with Gasteiger partial charge in [-0.2, -0.15) is 5.10 Å². The van der Waals surface area contributed by atoms with Crippen molar-refractivity contribution in [2.75, 3.05) is 7.11 Å². The van der Waals surface area contributed by atoms with E-state index in [1.165, 1.54) is 0 Å². The number of nitrogens with one attached hydrogen (secondary N) is 1. The van der Waals surface area contributed by atoms with E-state index in [0.29, 0.717) is 35.2 Å². The largest absolute Gasteiger partial charge is 0.497 e. The molecule has 4 aromatic heterocycles. The van der Waals surface area contributed by atoms with Gasteiger partial charge in [-0.25, -0.2) is 14.5 Å². The summed E-state index contributed by atoms with van der Waals surface area (Å²) in [7, 11) is 1.63. The first-order chi connectivity index (χ1) is 13.3. The topological polar surface area (TPSA) is 103 Å². The lowest BCUT2D eigenvalue weighted by Crippen LogP contribution is -1.93. The normalized spacial score (nSPS) is 11.3. The molecule has 5 rings (SSSR count). The Balaban J connectivity index is 1.37. The summed E-state index contributed by atoms with van der Waals surface area (Å²) in [6.45, 7) is 0.299. The zero-order valence-corrected chi connectivity index (χ0v) is 14.3. The first-order valence-corrected chi connectivity index (χ1v) is 8.20. The molecule has 9 nitrogen and oxygen atoms in total. The number of ether oxygens (including phenoxy) is 2. The summed E-state index contributed by atoms with van der Waals surface area (Å²) < 4.78 is 18.3. The Labute approximate surface area is 152 Å². The van der Waals surface area contributed by atoms with E-state index in [1.807, 2.05) is 36.4 Å². The van der Waals surface area contributed by atoms with Crippen LogP contribution in [0.1, 0.15) is 5.76 Å². The standard InChI is InChI=1S/C18H14N6O3/c1-25-11-2-4-12(5-3-11)26-9-13-6-7-15(27-13)17-21-18-14-8-20-22-16(14)19-10-24(18)23-17/h2-8,10H,9H2,1H3,(H,20,22). The molecule has 0 aliphatic heterocycles. The Hall–Kier alpha value is -3.88. The summed E-state index contributed by atoms with van der Waals surface area (Å²) in [4.78, 5) is 8.78. The van der Waals surface area contributed by atoms with Crippen LogP contribution in [0.2, 0.25) is 0 Å². The van der Waals surface area contributed by atoms with E-state index in [4.69, 9.17) is 13.9 Å². The molecule has 0 radical (unpaired) electrons. The van der Waals surface area contributed by atoms with Crippen molar-refractivity contribution in [1.82, 2.24) is 29.8 Å². The predicted octanol–water partition coefficient (Wildman–Crippen LogP) is 2.85. The Bertz CT molecular complexity index is 1220. The molecular formula is C18H14N6O3. The minimum Gasteiger partial charge on any atom is -0.497 e. The van der Waals surface area contributed by atoms with Gasteiger partial charge in [-0.3, -0.25) is 5.10 Å².